The van der Waals surface area contributed by atoms with Crippen molar-refractivity contribution >= 4 is 5.97 Å². The summed E-state index contributed by atoms with van der Waals surface area (Å²) in [6.07, 6.45) is 7.01. The van der Waals surface area contributed by atoms with Crippen LogP contribution >= 0.6 is 0 Å². The van der Waals surface area contributed by atoms with Crippen molar-refractivity contribution in [1.82, 2.24) is 0 Å². The number of carbonyl (C=O) groups excluding carboxylic acids is 1. The summed E-state index contributed by atoms with van der Waals surface area (Å²) in [5.74, 6) is -0.584. The fraction of sp³-hybridized carbons (Fsp3) is 0.682. The molecule has 4 heteroatoms. The lowest BCUT2D eigenvalue weighted by Crippen LogP contribution is -2.33. The van der Waals surface area contributed by atoms with Crippen LogP contribution in [0.5, 0.6) is 0 Å². The molecule has 0 radical (unpaired) electrons. The van der Waals surface area contributed by atoms with Crippen LogP contribution in [0.15, 0.2) is 30.3 Å². The second kappa shape index (κ2) is 8.10. The average molecular weight is 360 g/mol. The number of carbonyl (C=O) groups is 1. The molecule has 0 aromatic heterocycles. The molecule has 0 unspecified atom stereocenters. The van der Waals surface area contributed by atoms with Crippen molar-refractivity contribution in [3.05, 3.63) is 35.9 Å². The Morgan fingerprint density at radius 3 is 2.38 bits per heavy atom. The van der Waals surface area contributed by atoms with Crippen LogP contribution in [0, 0.1) is 5.41 Å². The van der Waals surface area contributed by atoms with E-state index in [1.807, 2.05) is 26.8 Å². The van der Waals surface area contributed by atoms with Gasteiger partial charge in [0.1, 0.15) is 0 Å². The molecular weight excluding hydrogens is 328 g/mol. The molecule has 1 aliphatic heterocycles. The van der Waals surface area contributed by atoms with E-state index in [1.165, 1.54) is 12.0 Å². The van der Waals surface area contributed by atoms with Crippen molar-refractivity contribution in [2.45, 2.75) is 83.7 Å². The maximum Gasteiger partial charge on any atom is 0.311 e. The van der Waals surface area contributed by atoms with E-state index in [-0.39, 0.29) is 18.2 Å². The summed E-state index contributed by atoms with van der Waals surface area (Å²) in [6.45, 7) is 6.00. The quantitative estimate of drug-likeness (QED) is 0.717. The van der Waals surface area contributed by atoms with Crippen LogP contribution in [0.25, 0.3) is 0 Å². The first-order chi connectivity index (χ1) is 12.4. The van der Waals surface area contributed by atoms with Gasteiger partial charge in [0.15, 0.2) is 5.79 Å². The number of rotatable bonds is 5. The molecule has 1 aromatic carbocycles. The summed E-state index contributed by atoms with van der Waals surface area (Å²) >= 11 is 0. The smallest absolute Gasteiger partial charge is 0.311 e. The highest BCUT2D eigenvalue weighted by molar-refractivity contribution is 5.75. The van der Waals surface area contributed by atoms with E-state index in [1.54, 1.807) is 0 Å². The summed E-state index contributed by atoms with van der Waals surface area (Å²) in [5.41, 5.74) is 0.784. The third-order valence-electron chi connectivity index (χ3n) is 5.29. The van der Waals surface area contributed by atoms with Gasteiger partial charge in [-0.05, 0) is 39.2 Å². The lowest BCUT2D eigenvalue weighted by atomic mass is 9.94. The zero-order valence-electron chi connectivity index (χ0n) is 16.3. The predicted molar refractivity (Wildman–Crippen MR) is 101 cm³/mol. The Hall–Kier alpha value is -1.39. The first-order valence-corrected chi connectivity index (χ1v) is 9.95. The minimum atomic E-state index is -0.471. The monoisotopic (exact) mass is 360 g/mol. The van der Waals surface area contributed by atoms with Crippen LogP contribution in [0.4, 0.5) is 0 Å². The fourth-order valence-corrected chi connectivity index (χ4v) is 3.81. The van der Waals surface area contributed by atoms with Crippen LogP contribution in [0.1, 0.15) is 64.9 Å². The first kappa shape index (κ1) is 19.4. The molecule has 0 bridgehead atoms. The van der Waals surface area contributed by atoms with Crippen LogP contribution in [0.2, 0.25) is 0 Å². The highest BCUT2D eigenvalue weighted by Gasteiger charge is 2.47. The number of hydrogen-bond acceptors (Lipinski definition) is 4. The Balaban J connectivity index is 1.62. The van der Waals surface area contributed by atoms with E-state index in [0.29, 0.717) is 13.0 Å². The van der Waals surface area contributed by atoms with Crippen molar-refractivity contribution in [2.75, 3.05) is 6.61 Å². The van der Waals surface area contributed by atoms with Gasteiger partial charge < -0.3 is 14.2 Å². The maximum atomic E-state index is 12.0. The van der Waals surface area contributed by atoms with E-state index in [9.17, 15) is 4.79 Å². The number of benzene rings is 1. The van der Waals surface area contributed by atoms with Crippen molar-refractivity contribution < 1.29 is 19.0 Å². The molecule has 3 rings (SSSR count). The Morgan fingerprint density at radius 2 is 1.73 bits per heavy atom. The van der Waals surface area contributed by atoms with Gasteiger partial charge in [0, 0.05) is 25.7 Å². The highest BCUT2D eigenvalue weighted by Crippen LogP contribution is 2.42. The molecule has 2 atom stereocenters. The van der Waals surface area contributed by atoms with E-state index < -0.39 is 11.2 Å². The molecule has 1 saturated carbocycles. The Morgan fingerprint density at radius 1 is 1.08 bits per heavy atom. The van der Waals surface area contributed by atoms with E-state index in [2.05, 4.69) is 24.3 Å². The van der Waals surface area contributed by atoms with Gasteiger partial charge in [-0.1, -0.05) is 36.8 Å². The van der Waals surface area contributed by atoms with Crippen molar-refractivity contribution in [3.63, 3.8) is 0 Å². The van der Waals surface area contributed by atoms with Gasteiger partial charge in [-0.15, -0.1) is 0 Å². The molecular formula is C22H32O4. The van der Waals surface area contributed by atoms with E-state index in [4.69, 9.17) is 14.2 Å². The maximum absolute atomic E-state index is 12.0. The van der Waals surface area contributed by atoms with Gasteiger partial charge in [-0.25, -0.2) is 0 Å². The second-order valence-electron chi connectivity index (χ2n) is 8.65. The molecule has 1 spiro atoms. The highest BCUT2D eigenvalue weighted by atomic mass is 16.8. The fourth-order valence-electron chi connectivity index (χ4n) is 3.81. The van der Waals surface area contributed by atoms with Gasteiger partial charge in [-0.3, -0.25) is 4.79 Å². The zero-order chi connectivity index (χ0) is 18.6. The SMILES string of the molecule is CC(C)(C)C(=O)OCC[C@@H]1OC2(CCCCC2)O[C@H]1Cc1ccccc1. The molecule has 0 amide bonds. The number of hydrogen-bond donors (Lipinski definition) is 0. The third-order valence-corrected chi connectivity index (χ3v) is 5.29. The van der Waals surface area contributed by atoms with Gasteiger partial charge >= 0.3 is 5.97 Å². The minimum absolute atomic E-state index is 0.0174. The van der Waals surface area contributed by atoms with Crippen LogP contribution in [-0.2, 0) is 25.4 Å². The van der Waals surface area contributed by atoms with Gasteiger partial charge in [0.25, 0.3) is 0 Å². The van der Waals surface area contributed by atoms with Crippen molar-refractivity contribution in [2.24, 2.45) is 5.41 Å². The molecule has 26 heavy (non-hydrogen) atoms. The molecule has 4 nitrogen and oxygen atoms in total. The molecule has 2 aliphatic rings. The van der Waals surface area contributed by atoms with Crippen LogP contribution in [-0.4, -0.2) is 30.6 Å². The summed E-state index contributed by atoms with van der Waals surface area (Å²) in [7, 11) is 0. The average Bonchev–Trinajstić information content (AvgIpc) is 2.92. The second-order valence-corrected chi connectivity index (χ2v) is 8.65. The first-order valence-electron chi connectivity index (χ1n) is 9.95. The molecule has 144 valence electrons. The van der Waals surface area contributed by atoms with Gasteiger partial charge in [-0.2, -0.15) is 0 Å². The largest absolute Gasteiger partial charge is 0.465 e. The summed E-state index contributed by atoms with van der Waals surface area (Å²) in [5, 5.41) is 0. The van der Waals surface area contributed by atoms with E-state index >= 15 is 0 Å². The molecule has 2 fully saturated rings. The third kappa shape index (κ3) is 4.86. The predicted octanol–water partition coefficient (Wildman–Crippen LogP) is 4.65. The normalized spacial score (nSPS) is 25.3. The Bertz CT molecular complexity index is 584. The Kier molecular flexibility index (Phi) is 6.03. The zero-order valence-corrected chi connectivity index (χ0v) is 16.3. The standard InChI is InChI=1S/C22H32O4/c1-21(2,3)20(23)24-15-12-18-19(16-17-10-6-4-7-11-17)26-22(25-18)13-8-5-9-14-22/h4,6-7,10-11,18-19H,5,8-9,12-16H2,1-3H3/t18-,19-/m0/s1. The van der Waals surface area contributed by atoms with Crippen molar-refractivity contribution in [3.8, 4) is 0 Å². The summed E-state index contributed by atoms with van der Waals surface area (Å²) in [4.78, 5) is 12.0. The summed E-state index contributed by atoms with van der Waals surface area (Å²) < 4.78 is 18.4. The van der Waals surface area contributed by atoms with E-state index in [0.717, 1.165) is 32.1 Å². The molecule has 1 aliphatic carbocycles. The number of esters is 1. The van der Waals surface area contributed by atoms with Crippen LogP contribution < -0.4 is 0 Å². The molecule has 1 heterocycles. The van der Waals surface area contributed by atoms with Crippen LogP contribution in [0.3, 0.4) is 0 Å². The topological polar surface area (TPSA) is 44.8 Å². The Labute approximate surface area is 157 Å². The molecule has 0 N–H and O–H groups in total. The van der Waals surface area contributed by atoms with Crippen molar-refractivity contribution in [1.29, 1.82) is 0 Å². The van der Waals surface area contributed by atoms with Gasteiger partial charge in [0.2, 0.25) is 0 Å². The lowest BCUT2D eigenvalue weighted by molar-refractivity contribution is -0.194. The van der Waals surface area contributed by atoms with Gasteiger partial charge in [0.05, 0.1) is 24.2 Å². The lowest BCUT2D eigenvalue weighted by Gasteiger charge is -2.32. The molecule has 1 aromatic rings. The molecule has 1 saturated heterocycles. The summed E-state index contributed by atoms with van der Waals surface area (Å²) in [6, 6.07) is 10.4. The minimum Gasteiger partial charge on any atom is -0.465 e. The number of ether oxygens (including phenoxy) is 3.